The number of likely N-dealkylation sites (N-methyl/N-ethyl adjacent to an activating group) is 1. The lowest BCUT2D eigenvalue weighted by Gasteiger charge is -2.18. The molecule has 4 rings (SSSR count). The van der Waals surface area contributed by atoms with Gasteiger partial charge in [0.2, 0.25) is 5.91 Å². The molecule has 7 heteroatoms. The fourth-order valence-corrected chi connectivity index (χ4v) is 4.75. The van der Waals surface area contributed by atoms with Crippen LogP contribution in [0.2, 0.25) is 0 Å². The van der Waals surface area contributed by atoms with E-state index in [1.165, 1.54) is 15.8 Å². The average Bonchev–Trinajstić information content (AvgIpc) is 3.25. The van der Waals surface area contributed by atoms with E-state index < -0.39 is 0 Å². The van der Waals surface area contributed by atoms with Gasteiger partial charge in [0.25, 0.3) is 5.56 Å². The van der Waals surface area contributed by atoms with Crippen LogP contribution in [0.3, 0.4) is 0 Å². The van der Waals surface area contributed by atoms with Crippen LogP contribution in [0.5, 0.6) is 5.75 Å². The lowest BCUT2D eigenvalue weighted by Crippen LogP contribution is -2.33. The molecule has 1 aliphatic rings. The number of methoxy groups -OCH3 is 1. The van der Waals surface area contributed by atoms with Crippen molar-refractivity contribution in [2.24, 2.45) is 0 Å². The maximum atomic E-state index is 12.9. The Hall–Kier alpha value is -2.67. The number of benzene rings is 1. The largest absolute Gasteiger partial charge is 0.497 e. The number of nitrogens with zero attached hydrogens (tertiary/aromatic N) is 3. The number of amides is 1. The van der Waals surface area contributed by atoms with Crippen LogP contribution < -0.4 is 10.3 Å². The number of ether oxygens (including phenoxy) is 1. The molecule has 2 heterocycles. The van der Waals surface area contributed by atoms with E-state index in [1.807, 2.05) is 24.3 Å². The fourth-order valence-electron chi connectivity index (χ4n) is 3.53. The number of hydrogen-bond acceptors (Lipinski definition) is 5. The lowest BCUT2D eigenvalue weighted by atomic mass is 10.2. The monoisotopic (exact) mass is 383 g/mol. The highest BCUT2D eigenvalue weighted by atomic mass is 32.1. The van der Waals surface area contributed by atoms with Gasteiger partial charge in [-0.2, -0.15) is 0 Å². The molecular formula is C20H21N3O3S. The van der Waals surface area contributed by atoms with Gasteiger partial charge in [-0.1, -0.05) is 12.1 Å². The summed E-state index contributed by atoms with van der Waals surface area (Å²) in [6.07, 6.45) is 4.54. The van der Waals surface area contributed by atoms with Crippen LogP contribution in [0, 0.1) is 0 Å². The zero-order chi connectivity index (χ0) is 19.0. The van der Waals surface area contributed by atoms with Crippen molar-refractivity contribution in [3.63, 3.8) is 0 Å². The normalized spacial score (nSPS) is 13.0. The van der Waals surface area contributed by atoms with E-state index in [4.69, 9.17) is 4.74 Å². The van der Waals surface area contributed by atoms with Crippen molar-refractivity contribution in [3.05, 3.63) is 57.0 Å². The van der Waals surface area contributed by atoms with Crippen molar-refractivity contribution in [2.75, 3.05) is 14.2 Å². The van der Waals surface area contributed by atoms with E-state index in [-0.39, 0.29) is 18.0 Å². The first kappa shape index (κ1) is 17.7. The van der Waals surface area contributed by atoms with Crippen LogP contribution in [0.4, 0.5) is 0 Å². The van der Waals surface area contributed by atoms with Crippen molar-refractivity contribution in [1.29, 1.82) is 0 Å². The minimum absolute atomic E-state index is 0.00708. The molecule has 1 amide bonds. The maximum absolute atomic E-state index is 12.9. The minimum atomic E-state index is -0.132. The van der Waals surface area contributed by atoms with Gasteiger partial charge in [0.15, 0.2) is 0 Å². The summed E-state index contributed by atoms with van der Waals surface area (Å²) in [6.45, 7) is 0.446. The number of thiophene rings is 1. The van der Waals surface area contributed by atoms with Gasteiger partial charge in [-0.15, -0.1) is 11.3 Å². The number of fused-ring (bicyclic) bond motifs is 3. The Morgan fingerprint density at radius 3 is 3.04 bits per heavy atom. The van der Waals surface area contributed by atoms with Crippen molar-refractivity contribution < 1.29 is 9.53 Å². The quantitative estimate of drug-likeness (QED) is 0.679. The van der Waals surface area contributed by atoms with E-state index >= 15 is 0 Å². The maximum Gasteiger partial charge on any atom is 0.262 e. The molecule has 2 aromatic heterocycles. The summed E-state index contributed by atoms with van der Waals surface area (Å²) in [6, 6.07) is 7.61. The van der Waals surface area contributed by atoms with Crippen molar-refractivity contribution in [1.82, 2.24) is 14.5 Å². The number of aryl methyl sites for hydroxylation is 2. The zero-order valence-corrected chi connectivity index (χ0v) is 16.2. The Labute approximate surface area is 161 Å². The third kappa shape index (κ3) is 3.35. The fraction of sp³-hybridized carbons (Fsp3) is 0.350. The third-order valence-corrected chi connectivity index (χ3v) is 6.18. The van der Waals surface area contributed by atoms with Crippen LogP contribution >= 0.6 is 11.3 Å². The highest BCUT2D eigenvalue weighted by Gasteiger charge is 2.22. The molecule has 140 valence electrons. The molecule has 1 aliphatic carbocycles. The molecule has 0 bridgehead atoms. The van der Waals surface area contributed by atoms with Gasteiger partial charge in [-0.25, -0.2) is 4.98 Å². The van der Waals surface area contributed by atoms with Crippen molar-refractivity contribution >= 4 is 27.5 Å². The van der Waals surface area contributed by atoms with E-state index in [1.54, 1.807) is 30.4 Å². The molecule has 6 nitrogen and oxygen atoms in total. The zero-order valence-electron chi connectivity index (χ0n) is 15.4. The predicted octanol–water partition coefficient (Wildman–Crippen LogP) is 2.61. The lowest BCUT2D eigenvalue weighted by molar-refractivity contribution is -0.131. The van der Waals surface area contributed by atoms with Crippen LogP contribution in [0.1, 0.15) is 22.4 Å². The standard InChI is InChI=1S/C20H21N3O3S/c1-22(10-13-5-3-6-14(9-13)26-2)17(24)11-23-12-21-19-18(20(23)25)15-7-4-8-16(15)27-19/h3,5-6,9,12H,4,7-8,10-11H2,1-2H3. The molecule has 0 radical (unpaired) electrons. The Morgan fingerprint density at radius 2 is 2.22 bits per heavy atom. The van der Waals surface area contributed by atoms with Gasteiger partial charge in [-0.05, 0) is 42.5 Å². The van der Waals surface area contributed by atoms with Crippen molar-refractivity contribution in [2.45, 2.75) is 32.4 Å². The smallest absolute Gasteiger partial charge is 0.262 e. The Bertz CT molecular complexity index is 1070. The molecule has 0 saturated carbocycles. The Balaban J connectivity index is 1.53. The van der Waals surface area contributed by atoms with Crippen molar-refractivity contribution in [3.8, 4) is 5.75 Å². The molecule has 0 fully saturated rings. The number of hydrogen-bond donors (Lipinski definition) is 0. The van der Waals surface area contributed by atoms with Crippen LogP contribution in [0.15, 0.2) is 35.4 Å². The van der Waals surface area contributed by atoms with E-state index in [0.29, 0.717) is 11.9 Å². The van der Waals surface area contributed by atoms with Gasteiger partial charge in [0.1, 0.15) is 17.1 Å². The summed E-state index contributed by atoms with van der Waals surface area (Å²) in [5, 5.41) is 0.707. The third-order valence-electron chi connectivity index (χ3n) is 4.98. The molecule has 3 aromatic rings. The molecule has 27 heavy (non-hydrogen) atoms. The van der Waals surface area contributed by atoms with Crippen LogP contribution in [-0.4, -0.2) is 34.5 Å². The summed E-state index contributed by atoms with van der Waals surface area (Å²) < 4.78 is 6.65. The van der Waals surface area contributed by atoms with Gasteiger partial charge in [0.05, 0.1) is 18.8 Å². The molecule has 1 aromatic carbocycles. The van der Waals surface area contributed by atoms with Crippen LogP contribution in [0.25, 0.3) is 10.2 Å². The first-order chi connectivity index (χ1) is 13.1. The number of carbonyl (C=O) groups excluding carboxylic acids is 1. The van der Waals surface area contributed by atoms with Gasteiger partial charge < -0.3 is 9.64 Å². The highest BCUT2D eigenvalue weighted by molar-refractivity contribution is 7.18. The predicted molar refractivity (Wildman–Crippen MR) is 105 cm³/mol. The second kappa shape index (κ2) is 7.15. The van der Waals surface area contributed by atoms with Gasteiger partial charge in [-0.3, -0.25) is 14.2 Å². The summed E-state index contributed by atoms with van der Waals surface area (Å²) in [4.78, 5) is 33.6. The first-order valence-electron chi connectivity index (χ1n) is 8.93. The van der Waals surface area contributed by atoms with Crippen LogP contribution in [-0.2, 0) is 30.7 Å². The van der Waals surface area contributed by atoms with E-state index in [9.17, 15) is 9.59 Å². The topological polar surface area (TPSA) is 64.4 Å². The molecule has 0 saturated heterocycles. The van der Waals surface area contributed by atoms with E-state index in [2.05, 4.69) is 4.98 Å². The summed E-state index contributed by atoms with van der Waals surface area (Å²) in [5.74, 6) is 0.624. The molecule has 0 unspecified atom stereocenters. The highest BCUT2D eigenvalue weighted by Crippen LogP contribution is 2.34. The number of carbonyl (C=O) groups is 1. The summed E-state index contributed by atoms with van der Waals surface area (Å²) >= 11 is 1.61. The second-order valence-electron chi connectivity index (χ2n) is 6.82. The second-order valence-corrected chi connectivity index (χ2v) is 7.90. The molecular weight excluding hydrogens is 362 g/mol. The first-order valence-corrected chi connectivity index (χ1v) is 9.75. The summed E-state index contributed by atoms with van der Waals surface area (Å²) in [7, 11) is 3.35. The van der Waals surface area contributed by atoms with E-state index in [0.717, 1.165) is 41.0 Å². The molecule has 0 N–H and O–H groups in total. The van der Waals surface area contributed by atoms with Gasteiger partial charge >= 0.3 is 0 Å². The molecule has 0 spiro atoms. The Kier molecular flexibility index (Phi) is 4.70. The van der Waals surface area contributed by atoms with Gasteiger partial charge in [0, 0.05) is 18.5 Å². The number of rotatable bonds is 5. The molecule has 0 aliphatic heterocycles. The summed E-state index contributed by atoms with van der Waals surface area (Å²) in [5.41, 5.74) is 2.00. The minimum Gasteiger partial charge on any atom is -0.497 e. The molecule has 0 atom stereocenters. The number of aromatic nitrogens is 2. The Morgan fingerprint density at radius 1 is 1.37 bits per heavy atom. The average molecular weight is 383 g/mol. The SMILES string of the molecule is COc1cccc(CN(C)C(=O)Cn2cnc3sc4c(c3c2=O)CCC4)c1.